The molecule has 1 aliphatic heterocycles. The predicted octanol–water partition coefficient (Wildman–Crippen LogP) is 4.85. The minimum atomic E-state index is -4.50. The minimum absolute atomic E-state index is 0.0175. The third-order valence-electron chi connectivity index (χ3n) is 6.21. The SMILES string of the molecule is Cc1cc2cc(C(=O)N(Cc3ccc(C(F)(F)F)cn3)C3COCc4ncccc43)ccc2nc1N. The van der Waals surface area contributed by atoms with Gasteiger partial charge in [-0.15, -0.1) is 0 Å². The van der Waals surface area contributed by atoms with Gasteiger partial charge < -0.3 is 15.4 Å². The zero-order valence-electron chi connectivity index (χ0n) is 19.3. The third kappa shape index (κ3) is 4.59. The number of nitrogens with two attached hydrogens (primary N) is 1. The molecule has 0 saturated carbocycles. The van der Waals surface area contributed by atoms with E-state index in [9.17, 15) is 18.0 Å². The van der Waals surface area contributed by atoms with Crippen molar-refractivity contribution in [3.63, 3.8) is 0 Å². The molecule has 3 aromatic heterocycles. The number of pyridine rings is 3. The second kappa shape index (κ2) is 9.19. The Morgan fingerprint density at radius 3 is 2.75 bits per heavy atom. The molecule has 0 fully saturated rings. The van der Waals surface area contributed by atoms with E-state index in [-0.39, 0.29) is 19.1 Å². The van der Waals surface area contributed by atoms with Crippen LogP contribution in [0.5, 0.6) is 0 Å². The van der Waals surface area contributed by atoms with Gasteiger partial charge >= 0.3 is 6.18 Å². The van der Waals surface area contributed by atoms with Gasteiger partial charge in [-0.2, -0.15) is 13.2 Å². The summed E-state index contributed by atoms with van der Waals surface area (Å²) in [6.07, 6.45) is -2.07. The minimum Gasteiger partial charge on any atom is -0.383 e. The van der Waals surface area contributed by atoms with Gasteiger partial charge in [0.2, 0.25) is 0 Å². The number of aryl methyl sites for hydroxylation is 1. The first-order chi connectivity index (χ1) is 17.2. The highest BCUT2D eigenvalue weighted by Crippen LogP contribution is 2.32. The molecule has 1 amide bonds. The number of nitrogens with zero attached hydrogens (tertiary/aromatic N) is 4. The van der Waals surface area contributed by atoms with Crippen LogP contribution in [0.4, 0.5) is 19.0 Å². The number of halogens is 3. The summed E-state index contributed by atoms with van der Waals surface area (Å²) in [5.41, 5.74) is 8.76. The molecule has 7 nitrogen and oxygen atoms in total. The van der Waals surface area contributed by atoms with Crippen LogP contribution in [0.15, 0.2) is 60.9 Å². The van der Waals surface area contributed by atoms with Crippen molar-refractivity contribution in [1.29, 1.82) is 0 Å². The molecule has 0 aliphatic carbocycles. The number of ether oxygens (including phenoxy) is 1. The summed E-state index contributed by atoms with van der Waals surface area (Å²) in [5, 5.41) is 0.752. The average Bonchev–Trinajstić information content (AvgIpc) is 2.87. The van der Waals surface area contributed by atoms with Crippen LogP contribution < -0.4 is 5.73 Å². The van der Waals surface area contributed by atoms with Crippen molar-refractivity contribution in [3.05, 3.63) is 94.6 Å². The summed E-state index contributed by atoms with van der Waals surface area (Å²) in [4.78, 5) is 28.2. The topological polar surface area (TPSA) is 94.2 Å². The maximum Gasteiger partial charge on any atom is 0.417 e. The zero-order chi connectivity index (χ0) is 25.4. The first kappa shape index (κ1) is 23.7. The second-order valence-corrected chi connectivity index (χ2v) is 8.64. The molecule has 0 radical (unpaired) electrons. The molecule has 1 unspecified atom stereocenters. The number of aromatic nitrogens is 3. The number of hydrogen-bond donors (Lipinski definition) is 1. The Bertz CT molecular complexity index is 1440. The summed E-state index contributed by atoms with van der Waals surface area (Å²) in [6.45, 7) is 2.35. The molecular weight excluding hydrogens is 471 g/mol. The number of carbonyl (C=O) groups is 1. The van der Waals surface area contributed by atoms with Crippen molar-refractivity contribution in [3.8, 4) is 0 Å². The van der Waals surface area contributed by atoms with Gasteiger partial charge in [-0.1, -0.05) is 6.07 Å². The fourth-order valence-electron chi connectivity index (χ4n) is 4.27. The van der Waals surface area contributed by atoms with Crippen LogP contribution in [-0.2, 0) is 24.1 Å². The van der Waals surface area contributed by atoms with Crippen molar-refractivity contribution in [1.82, 2.24) is 19.9 Å². The number of rotatable bonds is 4. The molecule has 1 aliphatic rings. The molecule has 1 aromatic carbocycles. The maximum atomic E-state index is 13.9. The average molecular weight is 493 g/mol. The number of fused-ring (bicyclic) bond motifs is 2. The number of hydrogen-bond acceptors (Lipinski definition) is 6. The summed E-state index contributed by atoms with van der Waals surface area (Å²) in [5.74, 6) is 0.0958. The molecule has 184 valence electrons. The number of amides is 1. The van der Waals surface area contributed by atoms with Crippen LogP contribution >= 0.6 is 0 Å². The van der Waals surface area contributed by atoms with E-state index in [0.29, 0.717) is 34.9 Å². The molecule has 4 heterocycles. The third-order valence-corrected chi connectivity index (χ3v) is 6.21. The Morgan fingerprint density at radius 1 is 1.17 bits per heavy atom. The van der Waals surface area contributed by atoms with Crippen molar-refractivity contribution >= 4 is 22.6 Å². The fraction of sp³-hybridized carbons (Fsp3) is 0.231. The fourth-order valence-corrected chi connectivity index (χ4v) is 4.27. The van der Waals surface area contributed by atoms with E-state index in [1.54, 1.807) is 35.4 Å². The van der Waals surface area contributed by atoms with E-state index >= 15 is 0 Å². The van der Waals surface area contributed by atoms with Crippen LogP contribution in [0.2, 0.25) is 0 Å². The van der Waals surface area contributed by atoms with Crippen LogP contribution in [0, 0.1) is 6.92 Å². The number of anilines is 1. The number of carbonyl (C=O) groups excluding carboxylic acids is 1. The van der Waals surface area contributed by atoms with Gasteiger partial charge in [0.1, 0.15) is 5.82 Å². The molecule has 0 bridgehead atoms. The zero-order valence-corrected chi connectivity index (χ0v) is 19.3. The van der Waals surface area contributed by atoms with Crippen LogP contribution in [-0.4, -0.2) is 32.4 Å². The van der Waals surface area contributed by atoms with E-state index < -0.39 is 17.8 Å². The first-order valence-corrected chi connectivity index (χ1v) is 11.2. The standard InChI is InChI=1S/C26H22F3N5O2/c1-15-9-17-10-16(4-7-21(17)33-24(15)30)25(35)34(12-19-6-5-18(11-32-19)26(27,28)29)23-14-36-13-22-20(23)3-2-8-31-22/h2-11,23H,12-14H2,1H3,(H2,30,33). The Balaban J connectivity index is 1.54. The molecule has 5 rings (SSSR count). The second-order valence-electron chi connectivity index (χ2n) is 8.64. The summed E-state index contributed by atoms with van der Waals surface area (Å²) in [7, 11) is 0. The van der Waals surface area contributed by atoms with Crippen molar-refractivity contribution < 1.29 is 22.7 Å². The Labute approximate surface area is 204 Å². The van der Waals surface area contributed by atoms with Gasteiger partial charge in [0.25, 0.3) is 5.91 Å². The molecule has 10 heteroatoms. The normalized spacial score (nSPS) is 15.5. The highest BCUT2D eigenvalue weighted by molar-refractivity contribution is 5.98. The summed E-state index contributed by atoms with van der Waals surface area (Å²) < 4.78 is 44.8. The van der Waals surface area contributed by atoms with Crippen molar-refractivity contribution in [2.24, 2.45) is 0 Å². The Kier molecular flexibility index (Phi) is 6.05. The lowest BCUT2D eigenvalue weighted by atomic mass is 10.00. The summed E-state index contributed by atoms with van der Waals surface area (Å²) >= 11 is 0. The first-order valence-electron chi connectivity index (χ1n) is 11.2. The highest BCUT2D eigenvalue weighted by Gasteiger charge is 2.33. The van der Waals surface area contributed by atoms with Gasteiger partial charge in [0, 0.05) is 28.9 Å². The quantitative estimate of drug-likeness (QED) is 0.437. The molecule has 2 N–H and O–H groups in total. The van der Waals surface area contributed by atoms with Crippen molar-refractivity contribution in [2.75, 3.05) is 12.3 Å². The highest BCUT2D eigenvalue weighted by atomic mass is 19.4. The van der Waals surface area contributed by atoms with E-state index in [1.807, 2.05) is 19.1 Å². The van der Waals surface area contributed by atoms with E-state index in [1.165, 1.54) is 6.07 Å². The van der Waals surface area contributed by atoms with Crippen LogP contribution in [0.3, 0.4) is 0 Å². The molecule has 1 atom stereocenters. The number of nitrogen functional groups attached to an aromatic ring is 1. The molecule has 4 aromatic rings. The molecule has 0 saturated heterocycles. The van der Waals surface area contributed by atoms with E-state index in [2.05, 4.69) is 15.0 Å². The maximum absolute atomic E-state index is 13.9. The van der Waals surface area contributed by atoms with Crippen molar-refractivity contribution in [2.45, 2.75) is 32.3 Å². The Hall–Kier alpha value is -4.05. The molecular formula is C26H22F3N5O2. The largest absolute Gasteiger partial charge is 0.417 e. The summed E-state index contributed by atoms with van der Waals surface area (Å²) in [6, 6.07) is 12.4. The van der Waals surface area contributed by atoms with Crippen LogP contribution in [0.25, 0.3) is 10.9 Å². The Morgan fingerprint density at radius 2 is 2.00 bits per heavy atom. The van der Waals surface area contributed by atoms with Crippen LogP contribution in [0.1, 0.15) is 44.5 Å². The van der Waals surface area contributed by atoms with E-state index in [4.69, 9.17) is 10.5 Å². The van der Waals surface area contributed by atoms with Gasteiger partial charge in [-0.05, 0) is 55.0 Å². The monoisotopic (exact) mass is 493 g/mol. The van der Waals surface area contributed by atoms with Gasteiger partial charge in [0.15, 0.2) is 0 Å². The predicted molar refractivity (Wildman–Crippen MR) is 127 cm³/mol. The van der Waals surface area contributed by atoms with Gasteiger partial charge in [-0.25, -0.2) is 4.98 Å². The number of benzene rings is 1. The lowest BCUT2D eigenvalue weighted by Crippen LogP contribution is -2.39. The lowest BCUT2D eigenvalue weighted by molar-refractivity contribution is -0.137. The van der Waals surface area contributed by atoms with Gasteiger partial charge in [0.05, 0.1) is 48.3 Å². The van der Waals surface area contributed by atoms with E-state index in [0.717, 1.165) is 28.8 Å². The lowest BCUT2D eigenvalue weighted by Gasteiger charge is -2.35. The molecule has 36 heavy (non-hydrogen) atoms. The smallest absolute Gasteiger partial charge is 0.383 e. The number of alkyl halides is 3. The van der Waals surface area contributed by atoms with Gasteiger partial charge in [-0.3, -0.25) is 14.8 Å². The molecule has 0 spiro atoms.